The highest BCUT2D eigenvalue weighted by Gasteiger charge is 2.15. The molecular weight excluding hydrogens is 230 g/mol. The van der Waals surface area contributed by atoms with Crippen molar-refractivity contribution in [2.75, 3.05) is 6.54 Å². The lowest BCUT2D eigenvalue weighted by Crippen LogP contribution is -2.30. The Balaban J connectivity index is 2.27. The van der Waals surface area contributed by atoms with E-state index >= 15 is 0 Å². The molecule has 2 N–H and O–H groups in total. The van der Waals surface area contributed by atoms with Gasteiger partial charge in [-0.2, -0.15) is 0 Å². The van der Waals surface area contributed by atoms with E-state index in [2.05, 4.69) is 19.2 Å². The van der Waals surface area contributed by atoms with Gasteiger partial charge in [0.05, 0.1) is 6.10 Å². The molecule has 1 amide bonds. The first-order valence-electron chi connectivity index (χ1n) is 6.87. The number of rotatable bonds is 4. The molecule has 0 radical (unpaired) electrons. The molecular formula is C14H25NO3. The van der Waals surface area contributed by atoms with E-state index in [0.29, 0.717) is 25.3 Å². The van der Waals surface area contributed by atoms with Crippen LogP contribution in [0.25, 0.3) is 0 Å². The highest BCUT2D eigenvalue weighted by atomic mass is 16.6. The lowest BCUT2D eigenvalue weighted by Gasteiger charge is -2.19. The summed E-state index contributed by atoms with van der Waals surface area (Å²) in [4.78, 5) is 11.5. The van der Waals surface area contributed by atoms with Gasteiger partial charge in [-0.1, -0.05) is 19.9 Å². The molecule has 1 aliphatic rings. The van der Waals surface area contributed by atoms with Gasteiger partial charge >= 0.3 is 6.09 Å². The number of hydrogen-bond acceptors (Lipinski definition) is 3. The summed E-state index contributed by atoms with van der Waals surface area (Å²) in [7, 11) is 0. The van der Waals surface area contributed by atoms with Crippen molar-refractivity contribution in [3.63, 3.8) is 0 Å². The molecule has 18 heavy (non-hydrogen) atoms. The molecule has 0 aromatic carbocycles. The summed E-state index contributed by atoms with van der Waals surface area (Å²) >= 11 is 0. The zero-order valence-corrected chi connectivity index (χ0v) is 11.4. The van der Waals surface area contributed by atoms with Gasteiger partial charge < -0.3 is 15.2 Å². The average molecular weight is 255 g/mol. The molecule has 4 nitrogen and oxygen atoms in total. The molecule has 0 saturated carbocycles. The molecule has 1 aliphatic carbocycles. The van der Waals surface area contributed by atoms with Gasteiger partial charge in [-0.05, 0) is 44.1 Å². The summed E-state index contributed by atoms with van der Waals surface area (Å²) in [5, 5.41) is 12.3. The van der Waals surface area contributed by atoms with Gasteiger partial charge in [0, 0.05) is 6.54 Å². The first kappa shape index (κ1) is 15.0. The Hall–Kier alpha value is -1.03. The molecule has 2 atom stereocenters. The van der Waals surface area contributed by atoms with E-state index < -0.39 is 0 Å². The monoisotopic (exact) mass is 255 g/mol. The number of aliphatic hydroxyl groups excluding tert-OH is 1. The van der Waals surface area contributed by atoms with Crippen LogP contribution in [-0.4, -0.2) is 30.0 Å². The van der Waals surface area contributed by atoms with Crippen LogP contribution in [0.5, 0.6) is 0 Å². The predicted molar refractivity (Wildman–Crippen MR) is 71.3 cm³/mol. The summed E-state index contributed by atoms with van der Waals surface area (Å²) in [6, 6.07) is 0. The van der Waals surface area contributed by atoms with E-state index in [4.69, 9.17) is 4.74 Å². The molecule has 0 bridgehead atoms. The van der Waals surface area contributed by atoms with E-state index in [1.54, 1.807) is 0 Å². The van der Waals surface area contributed by atoms with Gasteiger partial charge in [-0.3, -0.25) is 0 Å². The number of carbonyl (C=O) groups is 1. The maximum absolute atomic E-state index is 11.5. The fourth-order valence-electron chi connectivity index (χ4n) is 1.87. The van der Waals surface area contributed by atoms with Crippen LogP contribution >= 0.6 is 0 Å². The zero-order chi connectivity index (χ0) is 13.4. The maximum Gasteiger partial charge on any atom is 0.407 e. The smallest absolute Gasteiger partial charge is 0.407 e. The van der Waals surface area contributed by atoms with Crippen LogP contribution in [0.3, 0.4) is 0 Å². The number of allylic oxidation sites excluding steroid dienone is 1. The van der Waals surface area contributed by atoms with Crippen LogP contribution in [0.1, 0.15) is 46.0 Å². The van der Waals surface area contributed by atoms with Gasteiger partial charge in [-0.15, -0.1) is 0 Å². The summed E-state index contributed by atoms with van der Waals surface area (Å²) in [6.07, 6.45) is 7.03. The average Bonchev–Trinajstić information content (AvgIpc) is 2.28. The van der Waals surface area contributed by atoms with E-state index in [1.807, 2.05) is 12.2 Å². The number of alkyl carbamates (subject to hydrolysis) is 1. The summed E-state index contributed by atoms with van der Waals surface area (Å²) in [5.41, 5.74) is 0. The fraction of sp³-hybridized carbons (Fsp3) is 0.786. The highest BCUT2D eigenvalue weighted by Crippen LogP contribution is 2.15. The van der Waals surface area contributed by atoms with Crippen molar-refractivity contribution in [1.82, 2.24) is 5.32 Å². The largest absolute Gasteiger partial charge is 0.442 e. The van der Waals surface area contributed by atoms with Gasteiger partial charge in [0.25, 0.3) is 0 Å². The van der Waals surface area contributed by atoms with Crippen molar-refractivity contribution in [2.24, 2.45) is 5.92 Å². The molecule has 0 saturated heterocycles. The molecule has 0 aromatic rings. The molecule has 0 aliphatic heterocycles. The van der Waals surface area contributed by atoms with Crippen molar-refractivity contribution in [3.8, 4) is 0 Å². The van der Waals surface area contributed by atoms with Crippen LogP contribution < -0.4 is 5.32 Å². The quantitative estimate of drug-likeness (QED) is 0.759. The lowest BCUT2D eigenvalue weighted by atomic mass is 10.0. The normalized spacial score (nSPS) is 26.2. The summed E-state index contributed by atoms with van der Waals surface area (Å²) < 4.78 is 5.31. The standard InChI is InChI=1S/C14H25NO3/c1-11(2)9-10-15-14(17)18-13-6-4-3-5-12(16)7-8-13/h4,6,11-13,16H,3,5,7-10H2,1-2H3,(H,15,17)/b6-4+/t12-,13-/m1/s1. The van der Waals surface area contributed by atoms with Crippen LogP contribution in [-0.2, 0) is 4.74 Å². The van der Waals surface area contributed by atoms with Crippen molar-refractivity contribution in [3.05, 3.63) is 12.2 Å². The Morgan fingerprint density at radius 3 is 2.94 bits per heavy atom. The first-order valence-corrected chi connectivity index (χ1v) is 6.87. The molecule has 0 heterocycles. The second kappa shape index (κ2) is 8.14. The minimum Gasteiger partial charge on any atom is -0.442 e. The first-order chi connectivity index (χ1) is 8.58. The van der Waals surface area contributed by atoms with Crippen LogP contribution in [0, 0.1) is 5.92 Å². The van der Waals surface area contributed by atoms with Crippen molar-refractivity contribution in [1.29, 1.82) is 0 Å². The number of hydrogen-bond donors (Lipinski definition) is 2. The highest BCUT2D eigenvalue weighted by molar-refractivity contribution is 5.67. The third-order valence-corrected chi connectivity index (χ3v) is 3.05. The maximum atomic E-state index is 11.5. The Labute approximate surface area is 109 Å². The van der Waals surface area contributed by atoms with Gasteiger partial charge in [0.15, 0.2) is 0 Å². The van der Waals surface area contributed by atoms with Gasteiger partial charge in [-0.25, -0.2) is 4.79 Å². The van der Waals surface area contributed by atoms with E-state index in [9.17, 15) is 9.90 Å². The lowest BCUT2D eigenvalue weighted by molar-refractivity contribution is 0.0922. The van der Waals surface area contributed by atoms with Crippen molar-refractivity contribution < 1.29 is 14.6 Å². The second-order valence-electron chi connectivity index (χ2n) is 5.29. The van der Waals surface area contributed by atoms with E-state index in [0.717, 1.165) is 19.3 Å². The van der Waals surface area contributed by atoms with Gasteiger partial charge in [0.1, 0.15) is 6.10 Å². The number of carbonyl (C=O) groups excluding carboxylic acids is 1. The van der Waals surface area contributed by atoms with E-state index in [-0.39, 0.29) is 18.3 Å². The number of ether oxygens (including phenoxy) is 1. The molecule has 1 rings (SSSR count). The van der Waals surface area contributed by atoms with Crippen molar-refractivity contribution in [2.45, 2.75) is 58.2 Å². The Morgan fingerprint density at radius 1 is 1.44 bits per heavy atom. The SMILES string of the molecule is CC(C)CCNC(=O)O[C@@H]1/C=C/CC[C@@H](O)CC1. The van der Waals surface area contributed by atoms with Crippen LogP contribution in [0.4, 0.5) is 4.79 Å². The molecule has 0 spiro atoms. The molecule has 104 valence electrons. The minimum atomic E-state index is -0.361. The Morgan fingerprint density at radius 2 is 2.22 bits per heavy atom. The van der Waals surface area contributed by atoms with Crippen LogP contribution in [0.15, 0.2) is 12.2 Å². The second-order valence-corrected chi connectivity index (χ2v) is 5.29. The number of amides is 1. The molecule has 0 aromatic heterocycles. The van der Waals surface area contributed by atoms with E-state index in [1.165, 1.54) is 0 Å². The fourth-order valence-corrected chi connectivity index (χ4v) is 1.87. The molecule has 0 unspecified atom stereocenters. The van der Waals surface area contributed by atoms with Crippen LogP contribution in [0.2, 0.25) is 0 Å². The van der Waals surface area contributed by atoms with Crippen molar-refractivity contribution >= 4 is 6.09 Å². The Bertz CT molecular complexity index is 276. The third-order valence-electron chi connectivity index (χ3n) is 3.05. The predicted octanol–water partition coefficient (Wildman–Crippen LogP) is 2.62. The minimum absolute atomic E-state index is 0.209. The third kappa shape index (κ3) is 6.64. The number of nitrogens with one attached hydrogen (secondary N) is 1. The number of aliphatic hydroxyl groups is 1. The summed E-state index contributed by atoms with van der Waals surface area (Å²) in [5.74, 6) is 0.571. The van der Waals surface area contributed by atoms with Gasteiger partial charge in [0.2, 0.25) is 0 Å². The molecule has 4 heteroatoms. The molecule has 0 fully saturated rings. The zero-order valence-electron chi connectivity index (χ0n) is 11.4. The Kier molecular flexibility index (Phi) is 6.80. The summed E-state index contributed by atoms with van der Waals surface area (Å²) in [6.45, 7) is 4.88. The topological polar surface area (TPSA) is 58.6 Å².